The Morgan fingerprint density at radius 1 is 1.00 bits per heavy atom. The van der Waals surface area contributed by atoms with E-state index in [-0.39, 0.29) is 23.8 Å². The van der Waals surface area contributed by atoms with Crippen LogP contribution in [0.15, 0.2) is 42.5 Å². The van der Waals surface area contributed by atoms with Crippen LogP contribution in [-0.4, -0.2) is 67.0 Å². The molecule has 2 aliphatic rings. The summed E-state index contributed by atoms with van der Waals surface area (Å²) in [5.74, 6) is 0.117. The molecule has 0 fully saturated rings. The van der Waals surface area contributed by atoms with Crippen molar-refractivity contribution in [3.63, 3.8) is 0 Å². The SMILES string of the molecule is CCC1NCC2CCc3cccc(c3O2)CCCNC(=O)[C@@H](Cc2ccc(Cl)cc2)NC(=O)[C@@H](C)N(C)C1=O. The lowest BCUT2D eigenvalue weighted by atomic mass is 9.97. The molecule has 0 aliphatic carbocycles. The van der Waals surface area contributed by atoms with E-state index < -0.39 is 18.1 Å². The van der Waals surface area contributed by atoms with Crippen LogP contribution in [0, 0.1) is 0 Å². The number of aryl methyl sites for hydroxylation is 2. The molecule has 210 valence electrons. The van der Waals surface area contributed by atoms with Crippen molar-refractivity contribution in [2.45, 2.75) is 76.6 Å². The first kappa shape index (κ1) is 28.9. The fourth-order valence-corrected chi connectivity index (χ4v) is 5.26. The molecular weight excluding hydrogens is 516 g/mol. The maximum absolute atomic E-state index is 13.4. The number of fused-ring (bicyclic) bond motifs is 1. The number of benzene rings is 2. The van der Waals surface area contributed by atoms with Crippen molar-refractivity contribution in [3.05, 3.63) is 64.2 Å². The van der Waals surface area contributed by atoms with Crippen LogP contribution in [0.25, 0.3) is 0 Å². The van der Waals surface area contributed by atoms with E-state index in [1.165, 1.54) is 10.5 Å². The fraction of sp³-hybridized carbons (Fsp3) is 0.500. The summed E-state index contributed by atoms with van der Waals surface area (Å²) >= 11 is 6.03. The number of halogens is 1. The van der Waals surface area contributed by atoms with E-state index in [0.29, 0.717) is 31.0 Å². The summed E-state index contributed by atoms with van der Waals surface area (Å²) in [6.07, 6.45) is 4.12. The number of ether oxygens (including phenoxy) is 1. The van der Waals surface area contributed by atoms with Crippen molar-refractivity contribution in [1.82, 2.24) is 20.9 Å². The Labute approximate surface area is 235 Å². The number of nitrogens with one attached hydrogen (secondary N) is 3. The highest BCUT2D eigenvalue weighted by atomic mass is 35.5. The van der Waals surface area contributed by atoms with Gasteiger partial charge in [0, 0.05) is 31.6 Å². The predicted octanol–water partition coefficient (Wildman–Crippen LogP) is 3.04. The van der Waals surface area contributed by atoms with E-state index in [2.05, 4.69) is 34.1 Å². The minimum absolute atomic E-state index is 0.0428. The molecule has 3 amide bonds. The van der Waals surface area contributed by atoms with Gasteiger partial charge in [-0.3, -0.25) is 14.4 Å². The second-order valence-corrected chi connectivity index (χ2v) is 10.9. The van der Waals surface area contributed by atoms with Crippen LogP contribution in [0.4, 0.5) is 0 Å². The number of rotatable bonds is 3. The summed E-state index contributed by atoms with van der Waals surface area (Å²) in [6.45, 7) is 4.64. The number of hydrogen-bond acceptors (Lipinski definition) is 5. The zero-order chi connectivity index (χ0) is 27.9. The Bertz CT molecular complexity index is 1170. The van der Waals surface area contributed by atoms with Crippen LogP contribution in [0.5, 0.6) is 5.75 Å². The Balaban J connectivity index is 1.57. The van der Waals surface area contributed by atoms with E-state index in [9.17, 15) is 14.4 Å². The van der Waals surface area contributed by atoms with Crippen LogP contribution in [0.3, 0.4) is 0 Å². The third kappa shape index (κ3) is 7.31. The second-order valence-electron chi connectivity index (χ2n) is 10.5. The molecule has 4 atom stereocenters. The van der Waals surface area contributed by atoms with E-state index >= 15 is 0 Å². The molecule has 0 aromatic heterocycles. The Hall–Kier alpha value is -3.10. The van der Waals surface area contributed by atoms with Crippen molar-refractivity contribution in [2.75, 3.05) is 20.1 Å². The first-order valence-electron chi connectivity index (χ1n) is 13.9. The van der Waals surface area contributed by atoms with Crippen molar-refractivity contribution in [1.29, 1.82) is 0 Å². The highest BCUT2D eigenvalue weighted by molar-refractivity contribution is 6.30. The summed E-state index contributed by atoms with van der Waals surface area (Å²) in [4.78, 5) is 41.3. The molecule has 2 unspecified atom stereocenters. The average Bonchev–Trinajstić information content (AvgIpc) is 2.94. The Morgan fingerprint density at radius 3 is 2.44 bits per heavy atom. The number of carbonyl (C=O) groups is 3. The van der Waals surface area contributed by atoms with E-state index in [4.69, 9.17) is 16.3 Å². The molecule has 2 aliphatic heterocycles. The first-order chi connectivity index (χ1) is 18.8. The van der Waals surface area contributed by atoms with Gasteiger partial charge in [0.1, 0.15) is 23.9 Å². The van der Waals surface area contributed by atoms with Gasteiger partial charge in [0.2, 0.25) is 17.7 Å². The smallest absolute Gasteiger partial charge is 0.243 e. The highest BCUT2D eigenvalue weighted by Crippen LogP contribution is 2.32. The van der Waals surface area contributed by atoms with Crippen molar-refractivity contribution >= 4 is 29.3 Å². The van der Waals surface area contributed by atoms with Crippen LogP contribution in [0.1, 0.15) is 49.8 Å². The average molecular weight is 555 g/mol. The topological polar surface area (TPSA) is 99.8 Å². The van der Waals surface area contributed by atoms with Crippen molar-refractivity contribution < 1.29 is 19.1 Å². The summed E-state index contributed by atoms with van der Waals surface area (Å²) in [5.41, 5.74) is 3.19. The lowest BCUT2D eigenvalue weighted by Gasteiger charge is -2.32. The highest BCUT2D eigenvalue weighted by Gasteiger charge is 2.31. The number of likely N-dealkylation sites (N-methyl/N-ethyl adjacent to an activating group) is 1. The molecule has 2 aromatic carbocycles. The van der Waals surface area contributed by atoms with Gasteiger partial charge in [-0.05, 0) is 67.9 Å². The van der Waals surface area contributed by atoms with Crippen LogP contribution >= 0.6 is 11.6 Å². The van der Waals surface area contributed by atoms with Crippen LogP contribution in [0.2, 0.25) is 5.02 Å². The molecule has 2 heterocycles. The standard InChI is InChI=1S/C30H39ClN4O4/c1-4-25-30(38)35(3)19(2)28(36)34-26(17-20-10-13-23(31)14-11-20)29(37)32-16-6-9-21-7-5-8-22-12-15-24(18-33-25)39-27(21)22/h5,7-8,10-11,13-14,19,24-26,33H,4,6,9,12,15-18H2,1-3H3,(H,32,37)(H,34,36)/t19-,24?,25?,26-/m1/s1. The molecule has 8 nitrogen and oxygen atoms in total. The largest absolute Gasteiger partial charge is 0.489 e. The maximum Gasteiger partial charge on any atom is 0.243 e. The van der Waals surface area contributed by atoms with E-state index in [1.54, 1.807) is 26.1 Å². The van der Waals surface area contributed by atoms with Gasteiger partial charge in [-0.25, -0.2) is 0 Å². The van der Waals surface area contributed by atoms with E-state index in [0.717, 1.165) is 42.6 Å². The number of hydrogen-bond donors (Lipinski definition) is 3. The molecular formula is C30H39ClN4O4. The molecule has 2 aromatic rings. The van der Waals surface area contributed by atoms with Gasteiger partial charge >= 0.3 is 0 Å². The molecule has 0 saturated carbocycles. The number of amides is 3. The molecule has 39 heavy (non-hydrogen) atoms. The Morgan fingerprint density at radius 2 is 1.72 bits per heavy atom. The molecule has 9 heteroatoms. The summed E-state index contributed by atoms with van der Waals surface area (Å²) < 4.78 is 6.42. The van der Waals surface area contributed by atoms with Crippen LogP contribution in [-0.2, 0) is 33.6 Å². The normalized spacial score (nSPS) is 25.1. The molecule has 2 bridgehead atoms. The first-order valence-corrected chi connectivity index (χ1v) is 14.2. The maximum atomic E-state index is 13.4. The van der Waals surface area contributed by atoms with Gasteiger partial charge in [0.15, 0.2) is 0 Å². The minimum atomic E-state index is -0.794. The van der Waals surface area contributed by atoms with Crippen molar-refractivity contribution in [2.24, 2.45) is 0 Å². The quantitative estimate of drug-likeness (QED) is 0.541. The summed E-state index contributed by atoms with van der Waals surface area (Å²) in [6, 6.07) is 11.5. The lowest BCUT2D eigenvalue weighted by Crippen LogP contribution is -2.56. The molecule has 0 saturated heterocycles. The summed E-state index contributed by atoms with van der Waals surface area (Å²) in [5, 5.41) is 9.87. The lowest BCUT2D eigenvalue weighted by molar-refractivity contribution is -0.141. The number of nitrogens with zero attached hydrogens (tertiary/aromatic N) is 1. The zero-order valence-corrected chi connectivity index (χ0v) is 23.7. The summed E-state index contributed by atoms with van der Waals surface area (Å²) in [7, 11) is 1.63. The third-order valence-electron chi connectivity index (χ3n) is 7.71. The number of para-hydroxylation sites is 1. The van der Waals surface area contributed by atoms with E-state index in [1.807, 2.05) is 19.1 Å². The van der Waals surface area contributed by atoms with Gasteiger partial charge in [0.05, 0.1) is 6.04 Å². The third-order valence-corrected chi connectivity index (χ3v) is 7.96. The van der Waals surface area contributed by atoms with Gasteiger partial charge in [0.25, 0.3) is 0 Å². The van der Waals surface area contributed by atoms with Crippen molar-refractivity contribution in [3.8, 4) is 5.75 Å². The zero-order valence-electron chi connectivity index (χ0n) is 23.0. The van der Waals surface area contributed by atoms with Gasteiger partial charge in [-0.1, -0.05) is 48.9 Å². The minimum Gasteiger partial charge on any atom is -0.489 e. The van der Waals surface area contributed by atoms with Crippen LogP contribution < -0.4 is 20.7 Å². The monoisotopic (exact) mass is 554 g/mol. The molecule has 4 rings (SSSR count). The second kappa shape index (κ2) is 13.3. The fourth-order valence-electron chi connectivity index (χ4n) is 5.13. The Kier molecular flexibility index (Phi) is 9.86. The molecule has 0 radical (unpaired) electrons. The number of carbonyl (C=O) groups excluding carboxylic acids is 3. The molecule has 0 spiro atoms. The van der Waals surface area contributed by atoms with Gasteiger partial charge < -0.3 is 25.6 Å². The predicted molar refractivity (Wildman–Crippen MR) is 152 cm³/mol. The van der Waals surface area contributed by atoms with Gasteiger partial charge in [-0.15, -0.1) is 0 Å². The molecule has 3 N–H and O–H groups in total. The van der Waals surface area contributed by atoms with Gasteiger partial charge in [-0.2, -0.15) is 0 Å².